The van der Waals surface area contributed by atoms with Crippen LogP contribution in [0.2, 0.25) is 0 Å². The van der Waals surface area contributed by atoms with Gasteiger partial charge in [-0.25, -0.2) is 4.79 Å². The summed E-state index contributed by atoms with van der Waals surface area (Å²) in [6, 6.07) is 10.4. The Kier molecular flexibility index (Phi) is 5.04. The number of nitrogens with one attached hydrogen (secondary N) is 1. The first-order valence-corrected chi connectivity index (χ1v) is 9.04. The van der Waals surface area contributed by atoms with Crippen molar-refractivity contribution in [1.82, 2.24) is 10.2 Å². The molecule has 136 valence electrons. The Balaban J connectivity index is 1.61. The predicted octanol–water partition coefficient (Wildman–Crippen LogP) is 4.48. The molecule has 2 atom stereocenters. The van der Waals surface area contributed by atoms with E-state index in [1.54, 1.807) is 4.90 Å². The molecule has 1 N–H and O–H groups in total. The van der Waals surface area contributed by atoms with Crippen LogP contribution < -0.4 is 5.32 Å². The molecule has 1 aliphatic heterocycles. The van der Waals surface area contributed by atoms with Crippen LogP contribution >= 0.6 is 0 Å². The van der Waals surface area contributed by atoms with E-state index in [4.69, 9.17) is 9.15 Å². The van der Waals surface area contributed by atoms with Crippen molar-refractivity contribution in [3.05, 3.63) is 36.1 Å². The van der Waals surface area contributed by atoms with Crippen LogP contribution in [0.4, 0.5) is 4.79 Å². The number of para-hydroxylation sites is 1. The molecular weight excluding hydrogens is 316 g/mol. The maximum Gasteiger partial charge on any atom is 0.410 e. The summed E-state index contributed by atoms with van der Waals surface area (Å²) >= 11 is 0. The largest absolute Gasteiger partial charge is 0.459 e. The van der Waals surface area contributed by atoms with Gasteiger partial charge in [0.1, 0.15) is 16.9 Å². The molecule has 0 bridgehead atoms. The Hall–Kier alpha value is -2.01. The van der Waals surface area contributed by atoms with Gasteiger partial charge in [0.25, 0.3) is 0 Å². The summed E-state index contributed by atoms with van der Waals surface area (Å²) in [6.45, 7) is 9.21. The molecule has 1 aromatic carbocycles. The number of nitrogens with zero attached hydrogens (tertiary/aromatic N) is 1. The lowest BCUT2D eigenvalue weighted by Gasteiger charge is -2.35. The fraction of sp³-hybridized carbons (Fsp3) is 0.550. The van der Waals surface area contributed by atoms with Crippen molar-refractivity contribution in [2.45, 2.75) is 58.2 Å². The number of rotatable bonds is 3. The van der Waals surface area contributed by atoms with Gasteiger partial charge in [0.15, 0.2) is 0 Å². The molecule has 2 aromatic rings. The van der Waals surface area contributed by atoms with E-state index in [0.717, 1.165) is 36.1 Å². The molecule has 1 saturated heterocycles. The second-order valence-electron chi connectivity index (χ2n) is 7.84. The summed E-state index contributed by atoms with van der Waals surface area (Å²) in [4.78, 5) is 14.1. The maximum absolute atomic E-state index is 12.3. The molecule has 3 rings (SSSR count). The third-order valence-electron chi connectivity index (χ3n) is 4.43. The minimum atomic E-state index is -0.459. The smallest absolute Gasteiger partial charge is 0.410 e. The third-order valence-corrected chi connectivity index (χ3v) is 4.43. The molecule has 5 heteroatoms. The van der Waals surface area contributed by atoms with Crippen LogP contribution in [-0.4, -0.2) is 35.7 Å². The van der Waals surface area contributed by atoms with Crippen LogP contribution in [0.3, 0.4) is 0 Å². The molecule has 2 heterocycles. The summed E-state index contributed by atoms with van der Waals surface area (Å²) in [5.74, 6) is 0.926. The second-order valence-corrected chi connectivity index (χ2v) is 7.84. The summed E-state index contributed by atoms with van der Waals surface area (Å²) in [6.07, 6.45) is 1.79. The standard InChI is InChI=1S/C20H28N2O3/c1-14(18-12-15-8-5-6-10-17(15)24-18)21-16-9-7-11-22(13-16)19(23)25-20(2,3)4/h5-6,8,10,12,14,16,21H,7,9,11,13H2,1-4H3. The highest BCUT2D eigenvalue weighted by Crippen LogP contribution is 2.25. The van der Waals surface area contributed by atoms with E-state index in [9.17, 15) is 4.79 Å². The van der Waals surface area contributed by atoms with E-state index >= 15 is 0 Å². The Morgan fingerprint density at radius 3 is 2.84 bits per heavy atom. The molecule has 1 fully saturated rings. The van der Waals surface area contributed by atoms with Crippen LogP contribution in [0.15, 0.2) is 34.7 Å². The predicted molar refractivity (Wildman–Crippen MR) is 98.6 cm³/mol. The van der Waals surface area contributed by atoms with E-state index < -0.39 is 5.60 Å². The van der Waals surface area contributed by atoms with Gasteiger partial charge in [-0.3, -0.25) is 0 Å². The van der Waals surface area contributed by atoms with Crippen LogP contribution in [-0.2, 0) is 4.74 Å². The Morgan fingerprint density at radius 2 is 2.12 bits per heavy atom. The van der Waals surface area contributed by atoms with Crippen LogP contribution in [0, 0.1) is 0 Å². The van der Waals surface area contributed by atoms with Crippen molar-refractivity contribution in [3.63, 3.8) is 0 Å². The minimum absolute atomic E-state index is 0.0935. The van der Waals surface area contributed by atoms with E-state index in [1.807, 2.05) is 39.0 Å². The Morgan fingerprint density at radius 1 is 1.36 bits per heavy atom. The number of furan rings is 1. The van der Waals surface area contributed by atoms with Crippen molar-refractivity contribution in [1.29, 1.82) is 0 Å². The first-order valence-electron chi connectivity index (χ1n) is 9.04. The highest BCUT2D eigenvalue weighted by Gasteiger charge is 2.28. The van der Waals surface area contributed by atoms with E-state index in [-0.39, 0.29) is 18.2 Å². The highest BCUT2D eigenvalue weighted by atomic mass is 16.6. The lowest BCUT2D eigenvalue weighted by Crippen LogP contribution is -2.49. The molecule has 25 heavy (non-hydrogen) atoms. The summed E-state index contributed by atoms with van der Waals surface area (Å²) in [5.41, 5.74) is 0.448. The van der Waals surface area contributed by atoms with Crippen molar-refractivity contribution in [3.8, 4) is 0 Å². The number of ether oxygens (including phenoxy) is 1. The van der Waals surface area contributed by atoms with Gasteiger partial charge in [-0.1, -0.05) is 18.2 Å². The maximum atomic E-state index is 12.3. The average molecular weight is 344 g/mol. The number of hydrogen-bond donors (Lipinski definition) is 1. The van der Waals surface area contributed by atoms with Gasteiger partial charge in [-0.15, -0.1) is 0 Å². The van der Waals surface area contributed by atoms with Crippen LogP contribution in [0.25, 0.3) is 11.0 Å². The van der Waals surface area contributed by atoms with Gasteiger partial charge >= 0.3 is 6.09 Å². The fourth-order valence-corrected chi connectivity index (χ4v) is 3.26. The van der Waals surface area contributed by atoms with Gasteiger partial charge < -0.3 is 19.4 Å². The lowest BCUT2D eigenvalue weighted by molar-refractivity contribution is 0.0183. The van der Waals surface area contributed by atoms with E-state index in [0.29, 0.717) is 6.54 Å². The molecule has 0 saturated carbocycles. The number of amides is 1. The van der Waals surface area contributed by atoms with Gasteiger partial charge in [0.2, 0.25) is 0 Å². The van der Waals surface area contributed by atoms with Gasteiger partial charge in [0.05, 0.1) is 6.04 Å². The number of hydrogen-bond acceptors (Lipinski definition) is 4. The number of fused-ring (bicyclic) bond motifs is 1. The zero-order valence-corrected chi connectivity index (χ0v) is 15.5. The zero-order valence-electron chi connectivity index (χ0n) is 15.5. The van der Waals surface area contributed by atoms with E-state index in [2.05, 4.69) is 24.4 Å². The molecule has 0 aliphatic carbocycles. The first-order chi connectivity index (χ1) is 11.8. The van der Waals surface area contributed by atoms with Gasteiger partial charge in [-0.2, -0.15) is 0 Å². The van der Waals surface area contributed by atoms with Gasteiger partial charge in [-0.05, 0) is 52.7 Å². The summed E-state index contributed by atoms with van der Waals surface area (Å²) < 4.78 is 11.4. The van der Waals surface area contributed by atoms with Crippen LogP contribution in [0.5, 0.6) is 0 Å². The number of benzene rings is 1. The van der Waals surface area contributed by atoms with Crippen molar-refractivity contribution in [2.24, 2.45) is 0 Å². The Labute approximate surface area is 149 Å². The summed E-state index contributed by atoms with van der Waals surface area (Å²) in [7, 11) is 0. The summed E-state index contributed by atoms with van der Waals surface area (Å²) in [5, 5.41) is 4.72. The number of carbonyl (C=O) groups is 1. The Bertz CT molecular complexity index is 699. The lowest BCUT2D eigenvalue weighted by atomic mass is 10.0. The SMILES string of the molecule is CC(NC1CCCN(C(=O)OC(C)(C)C)C1)c1cc2ccccc2o1. The third kappa shape index (κ3) is 4.54. The van der Waals surface area contributed by atoms with Crippen molar-refractivity contribution >= 4 is 17.1 Å². The van der Waals surface area contributed by atoms with Crippen molar-refractivity contribution < 1.29 is 13.9 Å². The number of likely N-dealkylation sites (tertiary alicyclic amines) is 1. The monoisotopic (exact) mass is 344 g/mol. The first kappa shape index (κ1) is 17.8. The number of carbonyl (C=O) groups excluding carboxylic acids is 1. The van der Waals surface area contributed by atoms with E-state index in [1.165, 1.54) is 0 Å². The van der Waals surface area contributed by atoms with Crippen LogP contribution in [0.1, 0.15) is 52.3 Å². The zero-order chi connectivity index (χ0) is 18.0. The molecule has 0 spiro atoms. The minimum Gasteiger partial charge on any atom is -0.459 e. The molecule has 2 unspecified atom stereocenters. The topological polar surface area (TPSA) is 54.7 Å². The second kappa shape index (κ2) is 7.08. The molecule has 1 aliphatic rings. The molecule has 1 aromatic heterocycles. The molecule has 1 amide bonds. The van der Waals surface area contributed by atoms with Gasteiger partial charge in [0, 0.05) is 24.5 Å². The molecular formula is C20H28N2O3. The average Bonchev–Trinajstić information content (AvgIpc) is 2.98. The highest BCUT2D eigenvalue weighted by molar-refractivity contribution is 5.77. The van der Waals surface area contributed by atoms with Crippen molar-refractivity contribution in [2.75, 3.05) is 13.1 Å². The quantitative estimate of drug-likeness (QED) is 0.892. The molecule has 5 nitrogen and oxygen atoms in total. The molecule has 0 radical (unpaired) electrons. The normalized spacial score (nSPS) is 19.8. The fourth-order valence-electron chi connectivity index (χ4n) is 3.26. The number of piperidine rings is 1.